The number of aliphatic hydroxyl groups is 3. The normalized spacial score (nSPS) is 47.9. The summed E-state index contributed by atoms with van der Waals surface area (Å²) in [6.45, 7) is 13.2. The van der Waals surface area contributed by atoms with Crippen molar-refractivity contribution in [2.24, 2.45) is 58.2 Å². The van der Waals surface area contributed by atoms with E-state index in [4.69, 9.17) is 0 Å². The molecule has 3 N–H and O–H groups in total. The van der Waals surface area contributed by atoms with Crippen molar-refractivity contribution in [2.75, 3.05) is 0 Å². The number of carbonyl (C=O) groups excluding carboxylic acids is 1. The Labute approximate surface area is 195 Å². The standard InChI is InChI=1S/C28H48O4/c1-15(2)16(3)25(31)26(32)17(4)20-7-8-21-19-14-24(30)23-13-18(29)9-11-28(23,6)22(19)10-12-27(20,21)5/h15-23,25-26,29,31-32H,7-14H2,1-6H3/t16-,17+,18+,19+,20-,21+,22+,23-,25-,26+,27-,28-/m1/s1. The zero-order chi connectivity index (χ0) is 23.6. The molecule has 0 aliphatic heterocycles. The van der Waals surface area contributed by atoms with E-state index in [0.717, 1.165) is 38.5 Å². The topological polar surface area (TPSA) is 77.8 Å². The largest absolute Gasteiger partial charge is 0.393 e. The first-order chi connectivity index (χ1) is 14.9. The maximum absolute atomic E-state index is 13.3. The Morgan fingerprint density at radius 3 is 2.16 bits per heavy atom. The first-order valence-electron chi connectivity index (χ1n) is 13.5. The highest BCUT2D eigenvalue weighted by atomic mass is 16.3. The van der Waals surface area contributed by atoms with E-state index in [2.05, 4.69) is 34.6 Å². The molecule has 32 heavy (non-hydrogen) atoms. The SMILES string of the molecule is CC(C)[C@@H](C)[C@@H](O)[C@@H](O)[C@@H](C)[C@H]1CC[C@H]2[C@@H]3CC(=O)[C@H]4C[C@@H](O)CC[C@]4(C)[C@H]3CC[C@]12C. The number of fused-ring (bicyclic) bond motifs is 5. The maximum atomic E-state index is 13.3. The summed E-state index contributed by atoms with van der Waals surface area (Å²) in [5, 5.41) is 32.2. The molecule has 4 aliphatic rings. The minimum Gasteiger partial charge on any atom is -0.393 e. The summed E-state index contributed by atoms with van der Waals surface area (Å²) in [7, 11) is 0. The van der Waals surface area contributed by atoms with Gasteiger partial charge in [0.2, 0.25) is 0 Å². The van der Waals surface area contributed by atoms with Crippen LogP contribution in [0.2, 0.25) is 0 Å². The highest BCUT2D eigenvalue weighted by molar-refractivity contribution is 5.83. The first kappa shape index (κ1) is 24.7. The maximum Gasteiger partial charge on any atom is 0.136 e. The quantitative estimate of drug-likeness (QED) is 0.563. The molecule has 4 rings (SSSR count). The lowest BCUT2D eigenvalue weighted by Crippen LogP contribution is -2.57. The van der Waals surface area contributed by atoms with Crippen LogP contribution in [-0.2, 0) is 4.79 Å². The van der Waals surface area contributed by atoms with Gasteiger partial charge in [-0.1, -0.05) is 41.5 Å². The fraction of sp³-hybridized carbons (Fsp3) is 0.964. The van der Waals surface area contributed by atoms with Crippen LogP contribution in [0.25, 0.3) is 0 Å². The predicted octanol–water partition coefficient (Wildman–Crippen LogP) is 4.84. The average Bonchev–Trinajstić information content (AvgIpc) is 3.10. The molecule has 0 spiro atoms. The molecule has 0 aromatic carbocycles. The summed E-state index contributed by atoms with van der Waals surface area (Å²) in [4.78, 5) is 13.3. The predicted molar refractivity (Wildman–Crippen MR) is 127 cm³/mol. The van der Waals surface area contributed by atoms with Crippen LogP contribution in [0.15, 0.2) is 0 Å². The molecule has 184 valence electrons. The van der Waals surface area contributed by atoms with Gasteiger partial charge in [0.15, 0.2) is 0 Å². The van der Waals surface area contributed by atoms with E-state index in [1.165, 1.54) is 0 Å². The van der Waals surface area contributed by atoms with Gasteiger partial charge in [-0.2, -0.15) is 0 Å². The minimum atomic E-state index is -0.694. The number of rotatable bonds is 5. The van der Waals surface area contributed by atoms with E-state index in [-0.39, 0.29) is 34.7 Å². The van der Waals surface area contributed by atoms with Crippen LogP contribution in [0.5, 0.6) is 0 Å². The molecule has 0 saturated heterocycles. The smallest absolute Gasteiger partial charge is 0.136 e. The van der Waals surface area contributed by atoms with E-state index in [0.29, 0.717) is 48.2 Å². The molecule has 4 saturated carbocycles. The Morgan fingerprint density at radius 1 is 0.875 bits per heavy atom. The van der Waals surface area contributed by atoms with Gasteiger partial charge >= 0.3 is 0 Å². The molecule has 0 aromatic rings. The van der Waals surface area contributed by atoms with Gasteiger partial charge in [-0.25, -0.2) is 0 Å². The van der Waals surface area contributed by atoms with Gasteiger partial charge in [-0.15, -0.1) is 0 Å². The number of hydrogen-bond donors (Lipinski definition) is 3. The van der Waals surface area contributed by atoms with Crippen LogP contribution in [0.1, 0.15) is 92.9 Å². The molecule has 4 heteroatoms. The molecular weight excluding hydrogens is 400 g/mol. The molecular formula is C28H48O4. The molecule has 0 unspecified atom stereocenters. The Kier molecular flexibility index (Phi) is 6.66. The Balaban J connectivity index is 1.54. The van der Waals surface area contributed by atoms with E-state index in [1.807, 2.05) is 6.92 Å². The molecule has 0 bridgehead atoms. The minimum absolute atomic E-state index is 0.0440. The molecule has 0 amide bonds. The molecule has 4 aliphatic carbocycles. The third-order valence-electron chi connectivity index (χ3n) is 11.6. The van der Waals surface area contributed by atoms with Crippen LogP contribution in [0.4, 0.5) is 0 Å². The van der Waals surface area contributed by atoms with E-state index < -0.39 is 12.2 Å². The molecule has 0 heterocycles. The van der Waals surface area contributed by atoms with Gasteiger partial charge in [0.05, 0.1) is 18.3 Å². The first-order valence-corrected chi connectivity index (χ1v) is 13.5. The van der Waals surface area contributed by atoms with Crippen molar-refractivity contribution in [1.29, 1.82) is 0 Å². The van der Waals surface area contributed by atoms with E-state index >= 15 is 0 Å². The van der Waals surface area contributed by atoms with Gasteiger partial charge in [0.25, 0.3) is 0 Å². The summed E-state index contributed by atoms with van der Waals surface area (Å²) < 4.78 is 0. The van der Waals surface area contributed by atoms with Gasteiger partial charge in [0.1, 0.15) is 5.78 Å². The summed E-state index contributed by atoms with van der Waals surface area (Å²) >= 11 is 0. The third-order valence-corrected chi connectivity index (χ3v) is 11.6. The fourth-order valence-corrected chi connectivity index (χ4v) is 9.18. The lowest BCUT2D eigenvalue weighted by atomic mass is 9.44. The van der Waals surface area contributed by atoms with Gasteiger partial charge in [-0.05, 0) is 97.2 Å². The van der Waals surface area contributed by atoms with Crippen molar-refractivity contribution >= 4 is 5.78 Å². The molecule has 12 atom stereocenters. The fourth-order valence-electron chi connectivity index (χ4n) is 9.18. The van der Waals surface area contributed by atoms with Crippen molar-refractivity contribution in [1.82, 2.24) is 0 Å². The van der Waals surface area contributed by atoms with Crippen LogP contribution in [0, 0.1) is 58.2 Å². The molecule has 4 fully saturated rings. The molecule has 4 nitrogen and oxygen atoms in total. The highest BCUT2D eigenvalue weighted by Gasteiger charge is 2.63. The van der Waals surface area contributed by atoms with E-state index in [9.17, 15) is 20.1 Å². The Bertz CT molecular complexity index is 706. The summed E-state index contributed by atoms with van der Waals surface area (Å²) in [5.41, 5.74) is 0.187. The third kappa shape index (κ3) is 3.71. The van der Waals surface area contributed by atoms with E-state index in [1.54, 1.807) is 0 Å². The highest BCUT2D eigenvalue weighted by Crippen LogP contribution is 2.67. The molecule has 0 radical (unpaired) electrons. The van der Waals surface area contributed by atoms with Gasteiger partial charge in [0, 0.05) is 12.3 Å². The second kappa shape index (κ2) is 8.64. The number of ketones is 1. The van der Waals surface area contributed by atoms with Crippen LogP contribution < -0.4 is 0 Å². The van der Waals surface area contributed by atoms with Crippen LogP contribution in [-0.4, -0.2) is 39.4 Å². The van der Waals surface area contributed by atoms with Crippen molar-refractivity contribution in [3.8, 4) is 0 Å². The summed E-state index contributed by atoms with van der Waals surface area (Å²) in [6.07, 6.45) is 6.05. The van der Waals surface area contributed by atoms with Gasteiger partial charge in [-0.3, -0.25) is 4.79 Å². The monoisotopic (exact) mass is 448 g/mol. The summed E-state index contributed by atoms with van der Waals surface area (Å²) in [5.74, 6) is 2.88. The molecule has 0 aromatic heterocycles. The lowest BCUT2D eigenvalue weighted by molar-refractivity contribution is -0.161. The van der Waals surface area contributed by atoms with Crippen LogP contribution in [0.3, 0.4) is 0 Å². The van der Waals surface area contributed by atoms with Gasteiger partial charge < -0.3 is 15.3 Å². The summed E-state index contributed by atoms with van der Waals surface area (Å²) in [6, 6.07) is 0. The van der Waals surface area contributed by atoms with Crippen LogP contribution >= 0.6 is 0 Å². The second-order valence-electron chi connectivity index (χ2n) is 13.2. The average molecular weight is 449 g/mol. The lowest BCUT2D eigenvalue weighted by Gasteiger charge is -2.60. The van der Waals surface area contributed by atoms with Crippen molar-refractivity contribution in [3.05, 3.63) is 0 Å². The number of hydrogen-bond acceptors (Lipinski definition) is 4. The number of carbonyl (C=O) groups is 1. The number of aliphatic hydroxyl groups excluding tert-OH is 3. The van der Waals surface area contributed by atoms with Crippen molar-refractivity contribution in [3.63, 3.8) is 0 Å². The van der Waals surface area contributed by atoms with Crippen molar-refractivity contribution < 1.29 is 20.1 Å². The number of Topliss-reactive ketones (excluding diaryl/α,β-unsaturated/α-hetero) is 1. The second-order valence-corrected chi connectivity index (χ2v) is 13.2. The zero-order valence-corrected chi connectivity index (χ0v) is 21.3. The Hall–Kier alpha value is -0.450. The van der Waals surface area contributed by atoms with Crippen molar-refractivity contribution in [2.45, 2.75) is 111 Å². The zero-order valence-electron chi connectivity index (χ0n) is 21.3. The Morgan fingerprint density at radius 2 is 1.50 bits per heavy atom.